The number of carbonyl (C=O) groups excluding carboxylic acids is 3. The van der Waals surface area contributed by atoms with Crippen LogP contribution in [0, 0.1) is 0 Å². The molecule has 0 heterocycles. The Kier molecular flexibility index (Phi) is 9.00. The second-order valence-corrected chi connectivity index (χ2v) is 8.70. The van der Waals surface area contributed by atoms with Gasteiger partial charge in [-0.25, -0.2) is 9.59 Å². The Hall–Kier alpha value is -3.15. The summed E-state index contributed by atoms with van der Waals surface area (Å²) in [7, 11) is 1.19. The lowest BCUT2D eigenvalue weighted by atomic mass is 10.1. The summed E-state index contributed by atoms with van der Waals surface area (Å²) in [6.07, 6.45) is 3.23. The second kappa shape index (κ2) is 11.5. The van der Waals surface area contributed by atoms with Crippen LogP contribution in [0.2, 0.25) is 0 Å². The molecule has 172 valence electrons. The maximum Gasteiger partial charge on any atom is 0.379 e. The van der Waals surface area contributed by atoms with Crippen molar-refractivity contribution in [2.45, 2.75) is 59.1 Å². The van der Waals surface area contributed by atoms with Crippen molar-refractivity contribution in [1.29, 1.82) is 0 Å². The summed E-state index contributed by atoms with van der Waals surface area (Å²) in [4.78, 5) is 38.2. The third-order valence-corrected chi connectivity index (χ3v) is 4.84. The molecule has 0 atom stereocenters. The Bertz CT molecular complexity index is 928. The van der Waals surface area contributed by atoms with E-state index in [4.69, 9.17) is 4.74 Å². The summed E-state index contributed by atoms with van der Waals surface area (Å²) in [5.74, 6) is -1.89. The van der Waals surface area contributed by atoms with Gasteiger partial charge in [-0.3, -0.25) is 4.79 Å². The van der Waals surface area contributed by atoms with Crippen LogP contribution in [0.25, 0.3) is 0 Å². The zero-order valence-corrected chi connectivity index (χ0v) is 19.6. The maximum atomic E-state index is 12.5. The number of esters is 2. The highest BCUT2D eigenvalue weighted by Crippen LogP contribution is 2.22. The number of ether oxygens (including phenoxy) is 2. The zero-order chi connectivity index (χ0) is 23.7. The van der Waals surface area contributed by atoms with Gasteiger partial charge >= 0.3 is 11.9 Å². The molecule has 32 heavy (non-hydrogen) atoms. The second-order valence-electron chi connectivity index (χ2n) is 8.70. The summed E-state index contributed by atoms with van der Waals surface area (Å²) in [5, 5.41) is 0. The molecular formula is C26H33NO5. The van der Waals surface area contributed by atoms with Crippen molar-refractivity contribution >= 4 is 23.4 Å². The van der Waals surface area contributed by atoms with E-state index in [1.165, 1.54) is 7.11 Å². The Labute approximate surface area is 190 Å². The van der Waals surface area contributed by atoms with Gasteiger partial charge in [-0.05, 0) is 51.0 Å². The van der Waals surface area contributed by atoms with Gasteiger partial charge in [-0.15, -0.1) is 0 Å². The molecule has 2 aromatic carbocycles. The molecule has 6 nitrogen and oxygen atoms in total. The van der Waals surface area contributed by atoms with Crippen LogP contribution in [-0.4, -0.2) is 37.0 Å². The van der Waals surface area contributed by atoms with E-state index in [1.807, 2.05) is 51.1 Å². The lowest BCUT2D eigenvalue weighted by Gasteiger charge is -2.26. The van der Waals surface area contributed by atoms with Crippen LogP contribution in [0.5, 0.6) is 0 Å². The lowest BCUT2D eigenvalue weighted by Crippen LogP contribution is -2.26. The maximum absolute atomic E-state index is 12.5. The third kappa shape index (κ3) is 7.52. The quantitative estimate of drug-likeness (QED) is 0.219. The molecule has 0 radical (unpaired) electrons. The van der Waals surface area contributed by atoms with Gasteiger partial charge in [0.1, 0.15) is 5.60 Å². The number of hydrogen-bond acceptors (Lipinski definition) is 6. The molecule has 6 heteroatoms. The number of anilines is 1. The molecule has 2 aromatic rings. The van der Waals surface area contributed by atoms with E-state index < -0.39 is 17.4 Å². The summed E-state index contributed by atoms with van der Waals surface area (Å²) in [5.41, 5.74) is 2.17. The summed E-state index contributed by atoms with van der Waals surface area (Å²) < 4.78 is 10.0. The first-order valence-electron chi connectivity index (χ1n) is 10.9. The fraction of sp³-hybridized carbons (Fsp3) is 0.423. The van der Waals surface area contributed by atoms with E-state index in [-0.39, 0.29) is 5.97 Å². The molecule has 0 fully saturated rings. The molecule has 0 aliphatic heterocycles. The smallest absolute Gasteiger partial charge is 0.379 e. The van der Waals surface area contributed by atoms with Crippen molar-refractivity contribution in [3.63, 3.8) is 0 Å². The number of carbonyl (C=O) groups is 3. The van der Waals surface area contributed by atoms with E-state index >= 15 is 0 Å². The van der Waals surface area contributed by atoms with Gasteiger partial charge in [-0.1, -0.05) is 50.1 Å². The van der Waals surface area contributed by atoms with Crippen LogP contribution in [0.3, 0.4) is 0 Å². The van der Waals surface area contributed by atoms with Crippen molar-refractivity contribution in [1.82, 2.24) is 0 Å². The van der Waals surface area contributed by atoms with Gasteiger partial charge in [0.05, 0.1) is 12.7 Å². The molecule has 0 aliphatic carbocycles. The van der Waals surface area contributed by atoms with Gasteiger partial charge in [-0.2, -0.15) is 0 Å². The number of hydrogen-bond donors (Lipinski definition) is 0. The van der Waals surface area contributed by atoms with Crippen LogP contribution in [0.1, 0.15) is 73.2 Å². The van der Waals surface area contributed by atoms with Gasteiger partial charge in [0.15, 0.2) is 0 Å². The van der Waals surface area contributed by atoms with Crippen molar-refractivity contribution in [3.8, 4) is 0 Å². The number of benzene rings is 2. The van der Waals surface area contributed by atoms with E-state index in [2.05, 4.69) is 16.6 Å². The molecular weight excluding hydrogens is 406 g/mol. The molecule has 0 saturated heterocycles. The van der Waals surface area contributed by atoms with Crippen molar-refractivity contribution in [3.05, 3.63) is 65.2 Å². The van der Waals surface area contributed by atoms with Gasteiger partial charge < -0.3 is 14.4 Å². The predicted octanol–water partition coefficient (Wildman–Crippen LogP) is 5.19. The minimum absolute atomic E-state index is 0.296. The van der Waals surface area contributed by atoms with Gasteiger partial charge in [0.25, 0.3) is 5.78 Å². The normalized spacial score (nSPS) is 11.0. The average Bonchev–Trinajstić information content (AvgIpc) is 2.77. The number of methoxy groups -OCH3 is 1. The van der Waals surface area contributed by atoms with E-state index in [0.29, 0.717) is 17.7 Å². The number of unbranched alkanes of at least 4 members (excludes halogenated alkanes) is 2. The first-order chi connectivity index (χ1) is 15.1. The molecule has 0 amide bonds. The van der Waals surface area contributed by atoms with Crippen LogP contribution in [0.15, 0.2) is 48.5 Å². The molecule has 2 rings (SSSR count). The average molecular weight is 440 g/mol. The lowest BCUT2D eigenvalue weighted by molar-refractivity contribution is -0.135. The fourth-order valence-electron chi connectivity index (χ4n) is 3.21. The first kappa shape index (κ1) is 25.1. The van der Waals surface area contributed by atoms with E-state index in [0.717, 1.165) is 37.1 Å². The highest BCUT2D eigenvalue weighted by molar-refractivity contribution is 6.40. The van der Waals surface area contributed by atoms with Crippen LogP contribution < -0.4 is 4.90 Å². The Balaban J connectivity index is 2.23. The molecule has 0 N–H and O–H groups in total. The van der Waals surface area contributed by atoms with E-state index in [1.54, 1.807) is 18.2 Å². The van der Waals surface area contributed by atoms with Crippen LogP contribution in [0.4, 0.5) is 5.69 Å². The number of nitrogens with zero attached hydrogens (tertiary/aromatic N) is 1. The van der Waals surface area contributed by atoms with Crippen molar-refractivity contribution < 1.29 is 23.9 Å². The Morgan fingerprint density at radius 3 is 2.22 bits per heavy atom. The standard InChI is InChI=1S/C26H33NO5/c1-6-7-8-16-27(18-19-12-14-20(15-13-19)23(28)25(30)31-5)22-11-9-10-21(17-22)24(29)32-26(2,3)4/h9-15,17H,6-8,16,18H2,1-5H3. The summed E-state index contributed by atoms with van der Waals surface area (Å²) >= 11 is 0. The Morgan fingerprint density at radius 2 is 1.62 bits per heavy atom. The van der Waals surface area contributed by atoms with Gasteiger partial charge in [0, 0.05) is 24.3 Å². The van der Waals surface area contributed by atoms with Crippen molar-refractivity contribution in [2.24, 2.45) is 0 Å². The van der Waals surface area contributed by atoms with E-state index in [9.17, 15) is 14.4 Å². The topological polar surface area (TPSA) is 72.9 Å². The zero-order valence-electron chi connectivity index (χ0n) is 19.6. The molecule has 0 saturated carbocycles. The summed E-state index contributed by atoms with van der Waals surface area (Å²) in [6, 6.07) is 14.4. The third-order valence-electron chi connectivity index (χ3n) is 4.84. The summed E-state index contributed by atoms with van der Waals surface area (Å²) in [6.45, 7) is 9.13. The number of ketones is 1. The van der Waals surface area contributed by atoms with Crippen molar-refractivity contribution in [2.75, 3.05) is 18.6 Å². The Morgan fingerprint density at radius 1 is 0.938 bits per heavy atom. The SMILES string of the molecule is CCCCCN(Cc1ccc(C(=O)C(=O)OC)cc1)c1cccc(C(=O)OC(C)(C)C)c1. The molecule has 0 unspecified atom stereocenters. The largest absolute Gasteiger partial charge is 0.463 e. The highest BCUT2D eigenvalue weighted by atomic mass is 16.6. The first-order valence-corrected chi connectivity index (χ1v) is 10.9. The number of rotatable bonds is 10. The fourth-order valence-corrected chi connectivity index (χ4v) is 3.21. The molecule has 0 spiro atoms. The minimum atomic E-state index is -0.877. The molecule has 0 bridgehead atoms. The predicted molar refractivity (Wildman–Crippen MR) is 125 cm³/mol. The molecule has 0 aromatic heterocycles. The minimum Gasteiger partial charge on any atom is -0.463 e. The highest BCUT2D eigenvalue weighted by Gasteiger charge is 2.19. The monoisotopic (exact) mass is 439 g/mol. The van der Waals surface area contributed by atoms with Crippen LogP contribution in [-0.2, 0) is 20.8 Å². The molecule has 0 aliphatic rings. The van der Waals surface area contributed by atoms with Crippen LogP contribution >= 0.6 is 0 Å². The van der Waals surface area contributed by atoms with Gasteiger partial charge in [0.2, 0.25) is 0 Å². The number of Topliss-reactive ketones (excluding diaryl/α,β-unsaturated/α-hetero) is 1.